The van der Waals surface area contributed by atoms with Crippen molar-refractivity contribution in [3.63, 3.8) is 0 Å². The minimum atomic E-state index is -1.16. The first-order valence-electron chi connectivity index (χ1n) is 14.7. The number of para-hydroxylation sites is 1. The third-order valence-electron chi connectivity index (χ3n) is 7.07. The first-order chi connectivity index (χ1) is 20.2. The topological polar surface area (TPSA) is 126 Å². The van der Waals surface area contributed by atoms with Gasteiger partial charge in [0, 0.05) is 13.1 Å². The summed E-state index contributed by atoms with van der Waals surface area (Å²) in [5, 5.41) is 8.42. The number of methoxy groups -OCH3 is 1. The molecule has 0 radical (unpaired) electrons. The van der Waals surface area contributed by atoms with Crippen LogP contribution in [0.3, 0.4) is 0 Å². The predicted octanol–water partition coefficient (Wildman–Crippen LogP) is 3.09. The van der Waals surface area contributed by atoms with E-state index in [9.17, 15) is 19.2 Å². The summed E-state index contributed by atoms with van der Waals surface area (Å²) in [6.45, 7) is 7.36. The van der Waals surface area contributed by atoms with Crippen LogP contribution in [0.15, 0.2) is 48.5 Å². The third kappa shape index (κ3) is 9.78. The molecule has 228 valence electrons. The number of unbranched alkanes of at least 4 members (excludes halogenated alkanes) is 1. The van der Waals surface area contributed by atoms with Gasteiger partial charge in [-0.05, 0) is 55.0 Å². The van der Waals surface area contributed by atoms with Crippen molar-refractivity contribution < 1.29 is 28.7 Å². The number of nitrogens with zero attached hydrogens (tertiary/aromatic N) is 1. The SMILES string of the molecule is CCCCN1CCOc2ccccc2C(=O)N[C@H](C(=O)NCCc2ccc(OC)cc2)CC(=O)N[C@@H](CC(C)C)C1=O. The van der Waals surface area contributed by atoms with E-state index in [0.717, 1.165) is 24.2 Å². The number of hydrogen-bond acceptors (Lipinski definition) is 6. The smallest absolute Gasteiger partial charge is 0.255 e. The zero-order chi connectivity index (χ0) is 30.5. The van der Waals surface area contributed by atoms with Crippen LogP contribution in [0.25, 0.3) is 0 Å². The molecule has 0 unspecified atom stereocenters. The highest BCUT2D eigenvalue weighted by Crippen LogP contribution is 2.19. The van der Waals surface area contributed by atoms with Gasteiger partial charge in [-0.15, -0.1) is 0 Å². The maximum atomic E-state index is 13.6. The van der Waals surface area contributed by atoms with Crippen molar-refractivity contribution >= 4 is 23.6 Å². The summed E-state index contributed by atoms with van der Waals surface area (Å²) in [4.78, 5) is 55.3. The van der Waals surface area contributed by atoms with E-state index in [2.05, 4.69) is 22.9 Å². The van der Waals surface area contributed by atoms with Crippen LogP contribution in [0.5, 0.6) is 11.5 Å². The Kier molecular flexibility index (Phi) is 12.7. The van der Waals surface area contributed by atoms with Gasteiger partial charge in [-0.25, -0.2) is 0 Å². The average molecular weight is 581 g/mol. The Bertz CT molecular complexity index is 1200. The Morgan fingerprint density at radius 2 is 1.83 bits per heavy atom. The second-order valence-electron chi connectivity index (χ2n) is 10.9. The van der Waals surface area contributed by atoms with E-state index in [1.807, 2.05) is 38.1 Å². The van der Waals surface area contributed by atoms with Crippen LogP contribution < -0.4 is 25.4 Å². The molecule has 2 aromatic carbocycles. The molecule has 3 rings (SSSR count). The van der Waals surface area contributed by atoms with E-state index in [1.165, 1.54) is 0 Å². The van der Waals surface area contributed by atoms with Gasteiger partial charge in [0.25, 0.3) is 5.91 Å². The van der Waals surface area contributed by atoms with Crippen LogP contribution >= 0.6 is 0 Å². The highest BCUT2D eigenvalue weighted by Gasteiger charge is 2.31. The van der Waals surface area contributed by atoms with Crippen LogP contribution in [0.1, 0.15) is 62.4 Å². The van der Waals surface area contributed by atoms with Crippen molar-refractivity contribution in [2.45, 2.75) is 65.0 Å². The van der Waals surface area contributed by atoms with E-state index in [1.54, 1.807) is 36.3 Å². The number of nitrogens with one attached hydrogen (secondary N) is 3. The van der Waals surface area contributed by atoms with Gasteiger partial charge in [0.05, 0.1) is 25.6 Å². The Morgan fingerprint density at radius 1 is 1.10 bits per heavy atom. The quantitative estimate of drug-likeness (QED) is 0.397. The molecule has 1 heterocycles. The van der Waals surface area contributed by atoms with Gasteiger partial charge in [-0.1, -0.05) is 51.5 Å². The van der Waals surface area contributed by atoms with E-state index in [0.29, 0.717) is 38.2 Å². The minimum Gasteiger partial charge on any atom is -0.497 e. The standard InChI is InChI=1S/C32H44N4O6/c1-5-6-17-36-18-19-42-28-10-8-7-9-25(28)30(38)35-26(21-29(37)34-27(32(36)40)20-22(2)3)31(39)33-16-15-23-11-13-24(41-4)14-12-23/h7-14,22,26-27H,5-6,15-21H2,1-4H3,(H,33,39)(H,34,37)(H,35,38)/t26-,27-/m0/s1. The molecular formula is C32H44N4O6. The normalized spacial score (nSPS) is 18.3. The van der Waals surface area contributed by atoms with Crippen molar-refractivity contribution in [1.82, 2.24) is 20.9 Å². The lowest BCUT2D eigenvalue weighted by atomic mass is 10.0. The molecule has 0 fully saturated rings. The zero-order valence-electron chi connectivity index (χ0n) is 25.1. The maximum Gasteiger partial charge on any atom is 0.255 e. The number of ether oxygens (including phenoxy) is 2. The molecular weight excluding hydrogens is 536 g/mol. The largest absolute Gasteiger partial charge is 0.497 e. The maximum absolute atomic E-state index is 13.6. The second-order valence-corrected chi connectivity index (χ2v) is 10.9. The number of carbonyl (C=O) groups excluding carboxylic acids is 4. The van der Waals surface area contributed by atoms with Gasteiger partial charge in [-0.3, -0.25) is 19.2 Å². The van der Waals surface area contributed by atoms with Crippen molar-refractivity contribution in [2.24, 2.45) is 5.92 Å². The van der Waals surface area contributed by atoms with Crippen LogP contribution in [-0.4, -0.2) is 74.0 Å². The molecule has 1 aliphatic rings. The molecule has 0 saturated carbocycles. The fourth-order valence-corrected chi connectivity index (χ4v) is 4.77. The molecule has 0 bridgehead atoms. The molecule has 0 aliphatic carbocycles. The molecule has 0 aromatic heterocycles. The van der Waals surface area contributed by atoms with Gasteiger partial charge in [0.15, 0.2) is 0 Å². The summed E-state index contributed by atoms with van der Waals surface area (Å²) in [6, 6.07) is 12.3. The number of fused-ring (bicyclic) bond motifs is 1. The van der Waals surface area contributed by atoms with Gasteiger partial charge in [0.2, 0.25) is 17.7 Å². The van der Waals surface area contributed by atoms with Gasteiger partial charge in [0.1, 0.15) is 30.2 Å². The van der Waals surface area contributed by atoms with Crippen molar-refractivity contribution in [1.29, 1.82) is 0 Å². The summed E-state index contributed by atoms with van der Waals surface area (Å²) >= 11 is 0. The van der Waals surface area contributed by atoms with Crippen molar-refractivity contribution in [2.75, 3.05) is 33.4 Å². The highest BCUT2D eigenvalue weighted by molar-refractivity contribution is 6.01. The summed E-state index contributed by atoms with van der Waals surface area (Å²) in [6.07, 6.45) is 2.40. The Balaban J connectivity index is 1.83. The molecule has 2 aromatic rings. The van der Waals surface area contributed by atoms with Crippen LogP contribution in [0, 0.1) is 5.92 Å². The molecule has 42 heavy (non-hydrogen) atoms. The van der Waals surface area contributed by atoms with Gasteiger partial charge in [-0.2, -0.15) is 0 Å². The summed E-state index contributed by atoms with van der Waals surface area (Å²) < 4.78 is 11.2. The van der Waals surface area contributed by atoms with E-state index in [4.69, 9.17) is 9.47 Å². The van der Waals surface area contributed by atoms with Crippen LogP contribution in [0.2, 0.25) is 0 Å². The molecule has 10 heteroatoms. The molecule has 3 N–H and O–H groups in total. The highest BCUT2D eigenvalue weighted by atomic mass is 16.5. The minimum absolute atomic E-state index is 0.144. The lowest BCUT2D eigenvalue weighted by Crippen LogP contribution is -2.53. The number of hydrogen-bond donors (Lipinski definition) is 3. The number of carbonyl (C=O) groups is 4. The zero-order valence-corrected chi connectivity index (χ0v) is 25.1. The molecule has 0 spiro atoms. The van der Waals surface area contributed by atoms with Gasteiger partial charge < -0.3 is 30.3 Å². The molecule has 2 atom stereocenters. The summed E-state index contributed by atoms with van der Waals surface area (Å²) in [7, 11) is 1.60. The van der Waals surface area contributed by atoms with Crippen LogP contribution in [0.4, 0.5) is 0 Å². The Hall–Kier alpha value is -4.08. The first-order valence-corrected chi connectivity index (χ1v) is 14.7. The monoisotopic (exact) mass is 580 g/mol. The summed E-state index contributed by atoms with van der Waals surface area (Å²) in [5.74, 6) is -0.450. The van der Waals surface area contributed by atoms with Crippen LogP contribution in [-0.2, 0) is 20.8 Å². The second kappa shape index (κ2) is 16.4. The fourth-order valence-electron chi connectivity index (χ4n) is 4.77. The van der Waals surface area contributed by atoms with E-state index >= 15 is 0 Å². The summed E-state index contributed by atoms with van der Waals surface area (Å²) in [5.41, 5.74) is 1.24. The molecule has 1 aliphatic heterocycles. The number of rotatable bonds is 10. The van der Waals surface area contributed by atoms with E-state index < -0.39 is 29.8 Å². The fraction of sp³-hybridized carbons (Fsp3) is 0.500. The van der Waals surface area contributed by atoms with Crippen molar-refractivity contribution in [3.8, 4) is 11.5 Å². The van der Waals surface area contributed by atoms with Gasteiger partial charge >= 0.3 is 0 Å². The Labute approximate surface area is 248 Å². The molecule has 4 amide bonds. The lowest BCUT2D eigenvalue weighted by molar-refractivity contribution is -0.137. The predicted molar refractivity (Wildman–Crippen MR) is 160 cm³/mol. The number of benzene rings is 2. The lowest BCUT2D eigenvalue weighted by Gasteiger charge is -2.30. The first kappa shape index (κ1) is 32.4. The molecule has 0 saturated heterocycles. The number of amides is 4. The van der Waals surface area contributed by atoms with Crippen molar-refractivity contribution in [3.05, 3.63) is 59.7 Å². The van der Waals surface area contributed by atoms with E-state index in [-0.39, 0.29) is 30.4 Å². The third-order valence-corrected chi connectivity index (χ3v) is 7.07. The molecule has 10 nitrogen and oxygen atoms in total. The average Bonchev–Trinajstić information content (AvgIpc) is 2.97. The Morgan fingerprint density at radius 3 is 2.52 bits per heavy atom.